The van der Waals surface area contributed by atoms with Crippen LogP contribution in [-0.4, -0.2) is 13.2 Å². The Morgan fingerprint density at radius 3 is 2.43 bits per heavy atom. The van der Waals surface area contributed by atoms with Gasteiger partial charge >= 0.3 is 0 Å². The summed E-state index contributed by atoms with van der Waals surface area (Å²) in [7, 11) is 0. The zero-order valence-corrected chi connectivity index (χ0v) is 12.6. The van der Waals surface area contributed by atoms with Crippen molar-refractivity contribution in [1.29, 1.82) is 0 Å². The van der Waals surface area contributed by atoms with Crippen LogP contribution in [-0.2, 0) is 0 Å². The molecule has 2 aromatic carbocycles. The van der Waals surface area contributed by atoms with E-state index in [1.807, 2.05) is 18.2 Å². The average Bonchev–Trinajstić information content (AvgIpc) is 2.72. The molecule has 0 bridgehead atoms. The highest BCUT2D eigenvalue weighted by molar-refractivity contribution is 5.56. The lowest BCUT2D eigenvalue weighted by Gasteiger charge is -2.17. The number of hydrogen-bond donors (Lipinski definition) is 1. The number of anilines is 1. The summed E-state index contributed by atoms with van der Waals surface area (Å²) in [5, 5.41) is 3.51. The lowest BCUT2D eigenvalue weighted by molar-refractivity contribution is 0.297. The van der Waals surface area contributed by atoms with Crippen molar-refractivity contribution in [2.24, 2.45) is 0 Å². The molecule has 0 amide bonds. The molecule has 3 rings (SSSR count). The van der Waals surface area contributed by atoms with Gasteiger partial charge in [-0.15, -0.1) is 0 Å². The van der Waals surface area contributed by atoms with Gasteiger partial charge in [-0.3, -0.25) is 0 Å². The van der Waals surface area contributed by atoms with Crippen molar-refractivity contribution in [3.63, 3.8) is 0 Å². The third kappa shape index (κ3) is 3.30. The van der Waals surface area contributed by atoms with Gasteiger partial charge < -0.3 is 14.8 Å². The highest BCUT2D eigenvalue weighted by Gasteiger charge is 2.12. The van der Waals surface area contributed by atoms with Crippen molar-refractivity contribution >= 4 is 5.69 Å². The number of aryl methyl sites for hydroxylation is 1. The topological polar surface area (TPSA) is 30.5 Å². The molecular formula is C18H21NO2. The second-order valence-electron chi connectivity index (χ2n) is 5.49. The predicted octanol–water partition coefficient (Wildman–Crippen LogP) is 4.33. The number of fused-ring (bicyclic) bond motifs is 1. The molecule has 1 aliphatic rings. The van der Waals surface area contributed by atoms with E-state index in [2.05, 4.69) is 43.4 Å². The van der Waals surface area contributed by atoms with Crippen LogP contribution in [0.25, 0.3) is 0 Å². The molecule has 21 heavy (non-hydrogen) atoms. The van der Waals surface area contributed by atoms with Crippen LogP contribution in [0.1, 0.15) is 30.5 Å². The summed E-state index contributed by atoms with van der Waals surface area (Å²) in [4.78, 5) is 0. The Hall–Kier alpha value is -2.16. The summed E-state index contributed by atoms with van der Waals surface area (Å²) >= 11 is 0. The maximum atomic E-state index is 5.73. The molecule has 1 heterocycles. The summed E-state index contributed by atoms with van der Waals surface area (Å²) in [5.74, 6) is 1.66. The molecule has 0 saturated carbocycles. The zero-order valence-electron chi connectivity index (χ0n) is 12.6. The van der Waals surface area contributed by atoms with Gasteiger partial charge in [-0.1, -0.05) is 29.8 Å². The Bertz CT molecular complexity index is 607. The van der Waals surface area contributed by atoms with Crippen LogP contribution in [0.2, 0.25) is 0 Å². The summed E-state index contributed by atoms with van der Waals surface area (Å²) in [6, 6.07) is 14.9. The van der Waals surface area contributed by atoms with E-state index >= 15 is 0 Å². The molecule has 3 heteroatoms. The van der Waals surface area contributed by atoms with Crippen LogP contribution in [0.4, 0.5) is 5.69 Å². The lowest BCUT2D eigenvalue weighted by Crippen LogP contribution is -2.06. The molecule has 1 atom stereocenters. The Morgan fingerprint density at radius 1 is 0.952 bits per heavy atom. The van der Waals surface area contributed by atoms with Crippen molar-refractivity contribution in [1.82, 2.24) is 0 Å². The molecular weight excluding hydrogens is 262 g/mol. The van der Waals surface area contributed by atoms with Crippen LogP contribution in [0.3, 0.4) is 0 Å². The first kappa shape index (κ1) is 13.8. The molecule has 1 unspecified atom stereocenters. The highest BCUT2D eigenvalue weighted by Crippen LogP contribution is 2.33. The van der Waals surface area contributed by atoms with Crippen molar-refractivity contribution in [2.75, 3.05) is 18.5 Å². The molecule has 0 radical (unpaired) electrons. The van der Waals surface area contributed by atoms with E-state index in [-0.39, 0.29) is 6.04 Å². The summed E-state index contributed by atoms with van der Waals surface area (Å²) < 4.78 is 11.4. The molecule has 0 saturated heterocycles. The zero-order chi connectivity index (χ0) is 14.7. The van der Waals surface area contributed by atoms with Gasteiger partial charge in [0, 0.05) is 24.2 Å². The minimum Gasteiger partial charge on any atom is -0.490 e. The molecule has 1 aliphatic heterocycles. The summed E-state index contributed by atoms with van der Waals surface area (Å²) in [5.41, 5.74) is 3.60. The first-order valence-electron chi connectivity index (χ1n) is 7.45. The molecule has 2 aromatic rings. The number of nitrogens with one attached hydrogen (secondary N) is 1. The maximum absolute atomic E-state index is 5.73. The maximum Gasteiger partial charge on any atom is 0.163 e. The molecule has 3 nitrogen and oxygen atoms in total. The summed E-state index contributed by atoms with van der Waals surface area (Å²) in [6.45, 7) is 5.70. The first-order chi connectivity index (χ1) is 10.2. The number of ether oxygens (including phenoxy) is 2. The van der Waals surface area contributed by atoms with Crippen molar-refractivity contribution < 1.29 is 9.47 Å². The minimum absolute atomic E-state index is 0.246. The van der Waals surface area contributed by atoms with Gasteiger partial charge in [0.15, 0.2) is 11.5 Å². The Labute approximate surface area is 125 Å². The van der Waals surface area contributed by atoms with Gasteiger partial charge in [0.1, 0.15) is 0 Å². The SMILES string of the molecule is Cc1ccc(C(C)Nc2ccc3c(c2)OCCCO3)cc1. The van der Waals surface area contributed by atoms with Crippen LogP contribution in [0, 0.1) is 6.92 Å². The van der Waals surface area contributed by atoms with E-state index < -0.39 is 0 Å². The Balaban J connectivity index is 1.75. The molecule has 110 valence electrons. The van der Waals surface area contributed by atoms with E-state index in [9.17, 15) is 0 Å². The smallest absolute Gasteiger partial charge is 0.163 e. The third-order valence-corrected chi connectivity index (χ3v) is 3.71. The van der Waals surface area contributed by atoms with Crippen molar-refractivity contribution in [2.45, 2.75) is 26.3 Å². The monoisotopic (exact) mass is 283 g/mol. The number of hydrogen-bond acceptors (Lipinski definition) is 3. The molecule has 0 fully saturated rings. The third-order valence-electron chi connectivity index (χ3n) is 3.71. The fraction of sp³-hybridized carbons (Fsp3) is 0.333. The number of benzene rings is 2. The quantitative estimate of drug-likeness (QED) is 0.909. The van der Waals surface area contributed by atoms with E-state index in [1.54, 1.807) is 0 Å². The van der Waals surface area contributed by atoms with Gasteiger partial charge in [0.2, 0.25) is 0 Å². The largest absolute Gasteiger partial charge is 0.490 e. The van der Waals surface area contributed by atoms with Crippen molar-refractivity contribution in [3.05, 3.63) is 53.6 Å². The van der Waals surface area contributed by atoms with Crippen LogP contribution < -0.4 is 14.8 Å². The van der Waals surface area contributed by atoms with E-state index in [0.717, 1.165) is 30.2 Å². The molecule has 0 aliphatic carbocycles. The van der Waals surface area contributed by atoms with Crippen molar-refractivity contribution in [3.8, 4) is 11.5 Å². The lowest BCUT2D eigenvalue weighted by atomic mass is 10.1. The second kappa shape index (κ2) is 6.08. The highest BCUT2D eigenvalue weighted by atomic mass is 16.5. The fourth-order valence-corrected chi connectivity index (χ4v) is 2.44. The van der Waals surface area contributed by atoms with Crippen LogP contribution in [0.5, 0.6) is 11.5 Å². The standard InChI is InChI=1S/C18H21NO2/c1-13-4-6-15(7-5-13)14(2)19-16-8-9-17-18(12-16)21-11-3-10-20-17/h4-9,12,14,19H,3,10-11H2,1-2H3. The average molecular weight is 283 g/mol. The molecule has 0 aromatic heterocycles. The molecule has 1 N–H and O–H groups in total. The van der Waals surface area contributed by atoms with E-state index in [4.69, 9.17) is 9.47 Å². The minimum atomic E-state index is 0.246. The van der Waals surface area contributed by atoms with E-state index in [1.165, 1.54) is 11.1 Å². The van der Waals surface area contributed by atoms with Crippen LogP contribution >= 0.6 is 0 Å². The molecule has 0 spiro atoms. The van der Waals surface area contributed by atoms with Gasteiger partial charge in [-0.05, 0) is 31.5 Å². The van der Waals surface area contributed by atoms with Gasteiger partial charge in [0.05, 0.1) is 13.2 Å². The van der Waals surface area contributed by atoms with Gasteiger partial charge in [-0.2, -0.15) is 0 Å². The predicted molar refractivity (Wildman–Crippen MR) is 85.3 cm³/mol. The van der Waals surface area contributed by atoms with E-state index in [0.29, 0.717) is 6.61 Å². The Kier molecular flexibility index (Phi) is 4.00. The second-order valence-corrected chi connectivity index (χ2v) is 5.49. The van der Waals surface area contributed by atoms with Gasteiger partial charge in [-0.25, -0.2) is 0 Å². The summed E-state index contributed by atoms with van der Waals surface area (Å²) in [6.07, 6.45) is 0.928. The van der Waals surface area contributed by atoms with Crippen LogP contribution in [0.15, 0.2) is 42.5 Å². The van der Waals surface area contributed by atoms with Gasteiger partial charge in [0.25, 0.3) is 0 Å². The normalized spacial score (nSPS) is 15.1. The Morgan fingerprint density at radius 2 is 1.67 bits per heavy atom. The number of rotatable bonds is 3. The fourth-order valence-electron chi connectivity index (χ4n) is 2.44. The first-order valence-corrected chi connectivity index (χ1v) is 7.45.